The molecule has 0 aliphatic rings. The molecule has 222 valence electrons. The summed E-state index contributed by atoms with van der Waals surface area (Å²) in [4.78, 5) is 0. The minimum Gasteiger partial charge on any atom is -1.00 e. The molecule has 0 unspecified atom stereocenters. The lowest BCUT2D eigenvalue weighted by Crippen LogP contribution is -3.00. The molecule has 0 saturated carbocycles. The van der Waals surface area contributed by atoms with Crippen LogP contribution in [0.5, 0.6) is 0 Å². The molecule has 0 fully saturated rings. The first-order chi connectivity index (χ1) is 17.2. The van der Waals surface area contributed by atoms with Crippen molar-refractivity contribution in [1.29, 1.82) is 0 Å². The zero-order valence-corrected chi connectivity index (χ0v) is 29.4. The van der Waals surface area contributed by atoms with Crippen LogP contribution in [0.1, 0.15) is 182 Å². The van der Waals surface area contributed by atoms with E-state index in [1.807, 2.05) is 0 Å². The van der Waals surface area contributed by atoms with Gasteiger partial charge in [-0.2, -0.15) is 0 Å². The SMILES string of the molecule is CCCCCCCCCCCCCC[P+](CCCCCC)(CCCCCC)CCCCCC.ClCl.[Br-]. The summed E-state index contributed by atoms with van der Waals surface area (Å²) in [7, 11) is 7.53. The van der Waals surface area contributed by atoms with Gasteiger partial charge in [0.1, 0.15) is 0 Å². The van der Waals surface area contributed by atoms with E-state index in [9.17, 15) is 0 Å². The third kappa shape index (κ3) is 30.0. The van der Waals surface area contributed by atoms with E-state index >= 15 is 0 Å². The number of halogens is 3. The topological polar surface area (TPSA) is 0 Å². The molecule has 4 heteroatoms. The van der Waals surface area contributed by atoms with Gasteiger partial charge in [-0.3, -0.25) is 0 Å². The van der Waals surface area contributed by atoms with Gasteiger partial charge >= 0.3 is 0 Å². The minimum absolute atomic E-state index is 0. The Balaban J connectivity index is -0.00000353. The monoisotopic (exact) mass is 632 g/mol. The third-order valence-corrected chi connectivity index (χ3v) is 13.0. The van der Waals surface area contributed by atoms with Crippen LogP contribution in [0, 0.1) is 0 Å². The number of hydrogen-bond donors (Lipinski definition) is 0. The molecule has 0 aromatic carbocycles. The molecule has 0 aliphatic heterocycles. The van der Waals surface area contributed by atoms with E-state index in [0.29, 0.717) is 0 Å². The molecule has 0 rings (SSSR count). The van der Waals surface area contributed by atoms with Crippen molar-refractivity contribution in [2.45, 2.75) is 182 Å². The maximum Gasteiger partial charge on any atom is 0.0594 e. The lowest BCUT2D eigenvalue weighted by atomic mass is 10.1. The first-order valence-electron chi connectivity index (χ1n) is 16.2. The van der Waals surface area contributed by atoms with Gasteiger partial charge in [0.25, 0.3) is 0 Å². The highest BCUT2D eigenvalue weighted by Gasteiger charge is 2.34. The Hall–Kier alpha value is 1.49. The second-order valence-corrected chi connectivity index (χ2v) is 15.8. The highest BCUT2D eigenvalue weighted by atomic mass is 79.9. The molecule has 0 heterocycles. The molecule has 0 nitrogen and oxygen atoms in total. The molecule has 0 radical (unpaired) electrons. The van der Waals surface area contributed by atoms with Crippen molar-refractivity contribution < 1.29 is 17.0 Å². The standard InChI is InChI=1S/C32H68P.BrH.Cl2/c1-5-9-13-17-18-19-20-21-22-23-24-28-32-33(29-25-14-10-6-2,30-26-15-11-7-3)31-27-16-12-8-4;;1-2/h5-32H2,1-4H3;1H;/q+1;;/p-1. The van der Waals surface area contributed by atoms with Crippen LogP contribution in [0.2, 0.25) is 0 Å². The summed E-state index contributed by atoms with van der Waals surface area (Å²) < 4.78 is 0. The van der Waals surface area contributed by atoms with E-state index < -0.39 is 7.26 Å². The summed E-state index contributed by atoms with van der Waals surface area (Å²) in [5, 5.41) is 0. The number of unbranched alkanes of at least 4 members (excludes halogenated alkanes) is 20. The maximum absolute atomic E-state index is 4.11. The van der Waals surface area contributed by atoms with Gasteiger partial charge in [0, 0.05) is 29.0 Å². The van der Waals surface area contributed by atoms with E-state index in [2.05, 4.69) is 49.4 Å². The molecule has 0 N–H and O–H groups in total. The van der Waals surface area contributed by atoms with Crippen molar-refractivity contribution >= 4 is 29.0 Å². The van der Waals surface area contributed by atoms with Crippen molar-refractivity contribution in [3.63, 3.8) is 0 Å². The van der Waals surface area contributed by atoms with Gasteiger partial charge in [0.05, 0.1) is 24.6 Å². The van der Waals surface area contributed by atoms with E-state index in [1.54, 1.807) is 50.3 Å². The van der Waals surface area contributed by atoms with E-state index in [-0.39, 0.29) is 17.0 Å². The zero-order valence-electron chi connectivity index (χ0n) is 25.4. The van der Waals surface area contributed by atoms with Gasteiger partial charge in [-0.1, -0.05) is 130 Å². The maximum atomic E-state index is 4.11. The molecule has 0 aliphatic carbocycles. The normalized spacial score (nSPS) is 11.2. The van der Waals surface area contributed by atoms with Gasteiger partial charge in [-0.05, 0) is 51.4 Å². The summed E-state index contributed by atoms with van der Waals surface area (Å²) in [6.45, 7) is 9.41. The molecular formula is C32H68BrCl2P. The molecule has 36 heavy (non-hydrogen) atoms. The largest absolute Gasteiger partial charge is 1.00 e. The van der Waals surface area contributed by atoms with Crippen LogP contribution in [-0.4, -0.2) is 24.6 Å². The first kappa shape index (κ1) is 42.0. The smallest absolute Gasteiger partial charge is 0.0594 e. The molecule has 0 aromatic heterocycles. The van der Waals surface area contributed by atoms with Gasteiger partial charge < -0.3 is 17.0 Å². The predicted octanol–water partition coefficient (Wildman–Crippen LogP) is 10.8. The van der Waals surface area contributed by atoms with Crippen LogP contribution in [0.15, 0.2) is 0 Å². The van der Waals surface area contributed by atoms with Crippen molar-refractivity contribution in [2.75, 3.05) is 24.6 Å². The third-order valence-electron chi connectivity index (χ3n) is 7.94. The lowest BCUT2D eigenvalue weighted by Gasteiger charge is -2.28. The zero-order chi connectivity index (χ0) is 26.3. The van der Waals surface area contributed by atoms with Crippen LogP contribution in [0.3, 0.4) is 0 Å². The molecule has 0 spiro atoms. The Morgan fingerprint density at radius 1 is 0.306 bits per heavy atom. The summed E-state index contributed by atoms with van der Waals surface area (Å²) in [6.07, 6.45) is 42.1. The molecular weight excluding hydrogens is 566 g/mol. The minimum atomic E-state index is -0.697. The van der Waals surface area contributed by atoms with Gasteiger partial charge in [0.15, 0.2) is 0 Å². The van der Waals surface area contributed by atoms with Crippen LogP contribution in [0.25, 0.3) is 0 Å². The second-order valence-electron chi connectivity index (χ2n) is 11.3. The Morgan fingerprint density at radius 2 is 0.472 bits per heavy atom. The average molecular weight is 635 g/mol. The highest BCUT2D eigenvalue weighted by molar-refractivity contribution is 7.75. The molecule has 0 aromatic rings. The fourth-order valence-electron chi connectivity index (χ4n) is 5.58. The van der Waals surface area contributed by atoms with Crippen LogP contribution >= 0.6 is 29.0 Å². The van der Waals surface area contributed by atoms with Gasteiger partial charge in [-0.25, -0.2) is 0 Å². The van der Waals surface area contributed by atoms with Crippen LogP contribution < -0.4 is 17.0 Å². The molecule has 0 saturated heterocycles. The number of hydrogen-bond acceptors (Lipinski definition) is 0. The number of rotatable bonds is 28. The average Bonchev–Trinajstić information content (AvgIpc) is 2.89. The summed E-state index contributed by atoms with van der Waals surface area (Å²) in [5.41, 5.74) is 0. The molecule has 0 bridgehead atoms. The molecule has 0 amide bonds. The Kier molecular flexibility index (Phi) is 42.5. The fraction of sp³-hybridized carbons (Fsp3) is 1.00. The Labute approximate surface area is 251 Å². The van der Waals surface area contributed by atoms with E-state index in [1.165, 1.54) is 128 Å². The Morgan fingerprint density at radius 3 is 0.694 bits per heavy atom. The van der Waals surface area contributed by atoms with Crippen molar-refractivity contribution in [3.05, 3.63) is 0 Å². The quantitative estimate of drug-likeness (QED) is 0.0594. The predicted molar refractivity (Wildman–Crippen MR) is 172 cm³/mol. The van der Waals surface area contributed by atoms with Gasteiger partial charge in [-0.15, -0.1) is 0 Å². The van der Waals surface area contributed by atoms with Gasteiger partial charge in [0.2, 0.25) is 0 Å². The van der Waals surface area contributed by atoms with E-state index in [4.69, 9.17) is 0 Å². The van der Waals surface area contributed by atoms with E-state index in [0.717, 1.165) is 0 Å². The fourth-order valence-corrected chi connectivity index (χ4v) is 10.5. The lowest BCUT2D eigenvalue weighted by molar-refractivity contribution is -0.00000784. The summed E-state index contributed by atoms with van der Waals surface area (Å²) in [6, 6.07) is 0. The first-order valence-corrected chi connectivity index (χ1v) is 19.9. The van der Waals surface area contributed by atoms with Crippen molar-refractivity contribution in [3.8, 4) is 0 Å². The van der Waals surface area contributed by atoms with Crippen molar-refractivity contribution in [2.24, 2.45) is 0 Å². The molecule has 0 atom stereocenters. The summed E-state index contributed by atoms with van der Waals surface area (Å²) in [5.74, 6) is 0. The second kappa shape index (κ2) is 36.5. The van der Waals surface area contributed by atoms with Crippen LogP contribution in [-0.2, 0) is 0 Å². The Bertz CT molecular complexity index is 337. The summed E-state index contributed by atoms with van der Waals surface area (Å²) >= 11 is 0. The van der Waals surface area contributed by atoms with Crippen molar-refractivity contribution in [1.82, 2.24) is 0 Å². The highest BCUT2D eigenvalue weighted by Crippen LogP contribution is 2.61. The van der Waals surface area contributed by atoms with Crippen LogP contribution in [0.4, 0.5) is 0 Å².